The van der Waals surface area contributed by atoms with Crippen molar-refractivity contribution in [2.75, 3.05) is 6.54 Å². The van der Waals surface area contributed by atoms with Gasteiger partial charge in [0.2, 0.25) is 0 Å². The second kappa shape index (κ2) is 6.44. The fraction of sp³-hybridized carbons (Fsp3) is 1.00. The molecular formula is C13H29N. The van der Waals surface area contributed by atoms with E-state index in [0.29, 0.717) is 11.5 Å². The van der Waals surface area contributed by atoms with Gasteiger partial charge in [-0.1, -0.05) is 34.6 Å². The Bertz CT molecular complexity index is 138. The van der Waals surface area contributed by atoms with Crippen LogP contribution in [0.2, 0.25) is 0 Å². The summed E-state index contributed by atoms with van der Waals surface area (Å²) in [5, 5.41) is 3.56. The molecule has 0 bridgehead atoms. The Morgan fingerprint density at radius 1 is 1.07 bits per heavy atom. The maximum atomic E-state index is 3.56. The minimum atomic E-state index is 0.480. The Hall–Kier alpha value is -0.0400. The third-order valence-electron chi connectivity index (χ3n) is 2.56. The zero-order valence-corrected chi connectivity index (χ0v) is 11.0. The predicted octanol–water partition coefficient (Wildman–Crippen LogP) is 3.84. The van der Waals surface area contributed by atoms with Gasteiger partial charge in [0.15, 0.2) is 0 Å². The minimum Gasteiger partial charge on any atom is -0.314 e. The molecule has 1 nitrogen and oxygen atoms in total. The molecule has 0 aliphatic heterocycles. The minimum absolute atomic E-state index is 0.480. The van der Waals surface area contributed by atoms with E-state index in [9.17, 15) is 0 Å². The number of hydrogen-bond donors (Lipinski definition) is 1. The summed E-state index contributed by atoms with van der Waals surface area (Å²) in [5.41, 5.74) is 0.480. The highest BCUT2D eigenvalue weighted by Gasteiger charge is 2.21. The molecule has 1 heteroatoms. The predicted molar refractivity (Wildman–Crippen MR) is 65.6 cm³/mol. The van der Waals surface area contributed by atoms with E-state index in [1.54, 1.807) is 0 Å². The van der Waals surface area contributed by atoms with Crippen LogP contribution in [0.3, 0.4) is 0 Å². The van der Waals surface area contributed by atoms with Crippen LogP contribution in [-0.4, -0.2) is 12.6 Å². The van der Waals surface area contributed by atoms with Crippen molar-refractivity contribution >= 4 is 0 Å². The Morgan fingerprint density at radius 3 is 2.07 bits per heavy atom. The maximum Gasteiger partial charge on any atom is 0.00438 e. The fourth-order valence-corrected chi connectivity index (χ4v) is 2.48. The van der Waals surface area contributed by atoms with Gasteiger partial charge in [0.05, 0.1) is 0 Å². The lowest BCUT2D eigenvalue weighted by molar-refractivity contribution is 0.237. The largest absolute Gasteiger partial charge is 0.314 e. The molecule has 0 saturated carbocycles. The van der Waals surface area contributed by atoms with Crippen molar-refractivity contribution in [2.45, 2.75) is 66.8 Å². The van der Waals surface area contributed by atoms with Gasteiger partial charge in [-0.3, -0.25) is 0 Å². The molecule has 0 aliphatic carbocycles. The van der Waals surface area contributed by atoms with E-state index in [2.05, 4.69) is 46.9 Å². The summed E-state index contributed by atoms with van der Waals surface area (Å²) >= 11 is 0. The van der Waals surface area contributed by atoms with Crippen molar-refractivity contribution < 1.29 is 0 Å². The third kappa shape index (κ3) is 7.37. The standard InChI is InChI=1S/C13H29N/c1-7-8-14-12(4)10-13(5,6)9-11(2)3/h11-12,14H,7-10H2,1-6H3. The molecule has 86 valence electrons. The summed E-state index contributed by atoms with van der Waals surface area (Å²) in [5.74, 6) is 0.809. The maximum absolute atomic E-state index is 3.56. The first-order chi connectivity index (χ1) is 6.37. The summed E-state index contributed by atoms with van der Waals surface area (Å²) in [6, 6.07) is 0.656. The van der Waals surface area contributed by atoms with E-state index in [-0.39, 0.29) is 0 Å². The molecule has 0 aromatic carbocycles. The molecule has 0 fully saturated rings. The van der Waals surface area contributed by atoms with Crippen LogP contribution in [0.15, 0.2) is 0 Å². The summed E-state index contributed by atoms with van der Waals surface area (Å²) in [4.78, 5) is 0. The van der Waals surface area contributed by atoms with Crippen molar-refractivity contribution in [3.8, 4) is 0 Å². The quantitative estimate of drug-likeness (QED) is 0.657. The first kappa shape index (κ1) is 14.0. The Morgan fingerprint density at radius 2 is 1.64 bits per heavy atom. The molecule has 0 aliphatic rings. The molecule has 0 rings (SSSR count). The highest BCUT2D eigenvalue weighted by Crippen LogP contribution is 2.30. The molecule has 1 atom stereocenters. The van der Waals surface area contributed by atoms with Gasteiger partial charge < -0.3 is 5.32 Å². The molecule has 0 radical (unpaired) electrons. The molecule has 0 aromatic heterocycles. The van der Waals surface area contributed by atoms with E-state index in [0.717, 1.165) is 12.5 Å². The molecule has 0 heterocycles. The van der Waals surface area contributed by atoms with Crippen molar-refractivity contribution in [1.29, 1.82) is 0 Å². The highest BCUT2D eigenvalue weighted by molar-refractivity contribution is 4.76. The van der Waals surface area contributed by atoms with Crippen LogP contribution in [0.5, 0.6) is 0 Å². The molecule has 14 heavy (non-hydrogen) atoms. The zero-order chi connectivity index (χ0) is 11.2. The van der Waals surface area contributed by atoms with Crippen molar-refractivity contribution in [3.05, 3.63) is 0 Å². The number of nitrogens with one attached hydrogen (secondary N) is 1. The van der Waals surface area contributed by atoms with E-state index in [1.165, 1.54) is 19.3 Å². The molecule has 1 unspecified atom stereocenters. The second-order valence-corrected chi connectivity index (χ2v) is 5.82. The normalized spacial score (nSPS) is 14.8. The van der Waals surface area contributed by atoms with Crippen LogP contribution in [0.25, 0.3) is 0 Å². The van der Waals surface area contributed by atoms with E-state index >= 15 is 0 Å². The van der Waals surface area contributed by atoms with Gasteiger partial charge in [-0.05, 0) is 44.1 Å². The highest BCUT2D eigenvalue weighted by atomic mass is 14.9. The van der Waals surface area contributed by atoms with E-state index in [4.69, 9.17) is 0 Å². The Balaban J connectivity index is 3.82. The average molecular weight is 199 g/mol. The summed E-state index contributed by atoms with van der Waals surface area (Å²) in [6.45, 7) is 15.1. The lowest BCUT2D eigenvalue weighted by Crippen LogP contribution is -2.32. The van der Waals surface area contributed by atoms with E-state index < -0.39 is 0 Å². The van der Waals surface area contributed by atoms with Crippen LogP contribution in [0.4, 0.5) is 0 Å². The van der Waals surface area contributed by atoms with Gasteiger partial charge in [0, 0.05) is 6.04 Å². The number of hydrogen-bond acceptors (Lipinski definition) is 1. The van der Waals surface area contributed by atoms with Crippen LogP contribution >= 0.6 is 0 Å². The van der Waals surface area contributed by atoms with Crippen LogP contribution in [0.1, 0.15) is 60.8 Å². The van der Waals surface area contributed by atoms with Crippen molar-refractivity contribution in [3.63, 3.8) is 0 Å². The SMILES string of the molecule is CCCNC(C)CC(C)(C)CC(C)C. The first-order valence-corrected chi connectivity index (χ1v) is 6.10. The Kier molecular flexibility index (Phi) is 6.43. The molecule has 0 amide bonds. The van der Waals surface area contributed by atoms with Crippen molar-refractivity contribution in [2.24, 2.45) is 11.3 Å². The van der Waals surface area contributed by atoms with Gasteiger partial charge >= 0.3 is 0 Å². The van der Waals surface area contributed by atoms with Gasteiger partial charge in [-0.15, -0.1) is 0 Å². The molecule has 0 saturated heterocycles. The van der Waals surface area contributed by atoms with Crippen LogP contribution in [-0.2, 0) is 0 Å². The molecule has 0 aromatic rings. The van der Waals surface area contributed by atoms with Gasteiger partial charge in [0.25, 0.3) is 0 Å². The van der Waals surface area contributed by atoms with Crippen molar-refractivity contribution in [1.82, 2.24) is 5.32 Å². The lowest BCUT2D eigenvalue weighted by Gasteiger charge is -2.30. The average Bonchev–Trinajstić information content (AvgIpc) is 1.96. The van der Waals surface area contributed by atoms with Gasteiger partial charge in [0.1, 0.15) is 0 Å². The Labute approximate surface area is 90.7 Å². The lowest BCUT2D eigenvalue weighted by atomic mass is 9.79. The summed E-state index contributed by atoms with van der Waals surface area (Å²) in [7, 11) is 0. The fourth-order valence-electron chi connectivity index (χ4n) is 2.48. The smallest absolute Gasteiger partial charge is 0.00438 e. The topological polar surface area (TPSA) is 12.0 Å². The first-order valence-electron chi connectivity index (χ1n) is 6.10. The third-order valence-corrected chi connectivity index (χ3v) is 2.56. The summed E-state index contributed by atoms with van der Waals surface area (Å²) < 4.78 is 0. The molecule has 1 N–H and O–H groups in total. The monoisotopic (exact) mass is 199 g/mol. The van der Waals surface area contributed by atoms with Gasteiger partial charge in [-0.25, -0.2) is 0 Å². The molecule has 0 spiro atoms. The van der Waals surface area contributed by atoms with Crippen LogP contribution in [0, 0.1) is 11.3 Å². The molecular weight excluding hydrogens is 170 g/mol. The zero-order valence-electron chi connectivity index (χ0n) is 11.0. The summed E-state index contributed by atoms with van der Waals surface area (Å²) in [6.07, 6.45) is 3.84. The van der Waals surface area contributed by atoms with Crippen LogP contribution < -0.4 is 5.32 Å². The number of rotatable bonds is 7. The van der Waals surface area contributed by atoms with Gasteiger partial charge in [-0.2, -0.15) is 0 Å². The van der Waals surface area contributed by atoms with E-state index in [1.807, 2.05) is 0 Å². The second-order valence-electron chi connectivity index (χ2n) is 5.82.